The molecule has 212 valence electrons. The number of pyridine rings is 1. The van der Waals surface area contributed by atoms with E-state index in [4.69, 9.17) is 19.9 Å². The summed E-state index contributed by atoms with van der Waals surface area (Å²) in [6.45, 7) is 0. The van der Waals surface area contributed by atoms with Crippen molar-refractivity contribution in [2.75, 3.05) is 0 Å². The fraction of sp³-hybridized carbons (Fsp3) is 0. The number of hydrogen-bond acceptors (Lipinski definition) is 4. The molecule has 0 amide bonds. The molecule has 5 aromatic carbocycles. The molecule has 0 aliphatic rings. The van der Waals surface area contributed by atoms with Crippen molar-refractivity contribution < 1.29 is 0 Å². The first-order valence-corrected chi connectivity index (χ1v) is 14.8. The van der Waals surface area contributed by atoms with E-state index in [2.05, 4.69) is 68.3 Å². The number of imidazole rings is 3. The van der Waals surface area contributed by atoms with Gasteiger partial charge < -0.3 is 0 Å². The van der Waals surface area contributed by atoms with E-state index >= 15 is 0 Å². The van der Waals surface area contributed by atoms with Crippen molar-refractivity contribution in [2.24, 2.45) is 0 Å². The van der Waals surface area contributed by atoms with Crippen LogP contribution >= 0.6 is 0 Å². The van der Waals surface area contributed by atoms with Crippen molar-refractivity contribution in [3.05, 3.63) is 152 Å². The third kappa shape index (κ3) is 4.13. The number of nitrogens with zero attached hydrogens (tertiary/aromatic N) is 7. The van der Waals surface area contributed by atoms with Crippen molar-refractivity contribution in [1.29, 1.82) is 0 Å². The topological polar surface area (TPSA) is 66.3 Å². The van der Waals surface area contributed by atoms with E-state index < -0.39 is 0 Å². The van der Waals surface area contributed by atoms with Crippen LogP contribution in [0.25, 0.3) is 72.8 Å². The Morgan fingerprint density at radius 2 is 1.02 bits per heavy atom. The normalized spacial score (nSPS) is 11.6. The minimum atomic E-state index is 0.805. The third-order valence-electron chi connectivity index (χ3n) is 8.27. The molecule has 4 aromatic heterocycles. The predicted molar refractivity (Wildman–Crippen MR) is 179 cm³/mol. The molecule has 0 aliphatic heterocycles. The molecule has 0 radical (unpaired) electrons. The van der Waals surface area contributed by atoms with Gasteiger partial charge in [-0.05, 0) is 72.3 Å². The van der Waals surface area contributed by atoms with Crippen molar-refractivity contribution in [1.82, 2.24) is 33.6 Å². The Labute approximate surface area is 258 Å². The fourth-order valence-corrected chi connectivity index (χ4v) is 6.18. The zero-order valence-electron chi connectivity index (χ0n) is 24.1. The van der Waals surface area contributed by atoms with E-state index in [-0.39, 0.29) is 0 Å². The molecule has 0 N–H and O–H groups in total. The van der Waals surface area contributed by atoms with Crippen LogP contribution in [-0.4, -0.2) is 33.6 Å². The average Bonchev–Trinajstić information content (AvgIpc) is 3.84. The van der Waals surface area contributed by atoms with Crippen molar-refractivity contribution in [3.63, 3.8) is 0 Å². The SMILES string of the molecule is c1ccc(-c2nc3ccccc3n2-c2ncccc2-c2cc(-n3cnc4ccccc43)cc(-n3cnc4ccccc43)c2)cc1. The predicted octanol–water partition coefficient (Wildman–Crippen LogP) is 8.43. The lowest BCUT2D eigenvalue weighted by atomic mass is 10.0. The van der Waals surface area contributed by atoms with Gasteiger partial charge in [0.2, 0.25) is 0 Å². The second kappa shape index (κ2) is 10.1. The highest BCUT2D eigenvalue weighted by atomic mass is 15.1. The van der Waals surface area contributed by atoms with E-state index in [1.54, 1.807) is 0 Å². The number of aromatic nitrogens is 7. The molecule has 0 bridgehead atoms. The molecule has 9 aromatic rings. The van der Waals surface area contributed by atoms with Crippen LogP contribution in [0.3, 0.4) is 0 Å². The first kappa shape index (κ1) is 25.2. The molecule has 0 saturated heterocycles. The Balaban J connectivity index is 1.33. The summed E-state index contributed by atoms with van der Waals surface area (Å²) in [7, 11) is 0. The summed E-state index contributed by atoms with van der Waals surface area (Å²) < 4.78 is 6.45. The van der Waals surface area contributed by atoms with Gasteiger partial charge in [-0.2, -0.15) is 0 Å². The fourth-order valence-electron chi connectivity index (χ4n) is 6.18. The van der Waals surface area contributed by atoms with Crippen molar-refractivity contribution in [2.45, 2.75) is 0 Å². The molecular weight excluding hydrogens is 554 g/mol. The first-order chi connectivity index (χ1) is 22.3. The summed E-state index contributed by atoms with van der Waals surface area (Å²) in [5.74, 6) is 1.65. The zero-order chi connectivity index (χ0) is 29.7. The molecule has 0 spiro atoms. The third-order valence-corrected chi connectivity index (χ3v) is 8.27. The van der Waals surface area contributed by atoms with Gasteiger partial charge in [0.25, 0.3) is 0 Å². The molecule has 45 heavy (non-hydrogen) atoms. The molecule has 7 heteroatoms. The Bertz CT molecular complexity index is 2410. The van der Waals surface area contributed by atoms with E-state index in [0.29, 0.717) is 0 Å². The zero-order valence-corrected chi connectivity index (χ0v) is 24.1. The van der Waals surface area contributed by atoms with Gasteiger partial charge in [0.05, 0.1) is 33.1 Å². The Morgan fingerprint density at radius 3 is 1.69 bits per heavy atom. The van der Waals surface area contributed by atoms with Gasteiger partial charge in [0.15, 0.2) is 0 Å². The van der Waals surface area contributed by atoms with Crippen LogP contribution in [-0.2, 0) is 0 Å². The van der Waals surface area contributed by atoms with Crippen LogP contribution in [0.4, 0.5) is 0 Å². The Morgan fingerprint density at radius 1 is 0.444 bits per heavy atom. The van der Waals surface area contributed by atoms with E-state index in [1.807, 2.05) is 97.7 Å². The van der Waals surface area contributed by atoms with Gasteiger partial charge in [0.1, 0.15) is 24.3 Å². The summed E-state index contributed by atoms with van der Waals surface area (Å²) in [6.07, 6.45) is 5.63. The summed E-state index contributed by atoms with van der Waals surface area (Å²) >= 11 is 0. The highest BCUT2D eigenvalue weighted by Gasteiger charge is 2.20. The van der Waals surface area contributed by atoms with Gasteiger partial charge >= 0.3 is 0 Å². The monoisotopic (exact) mass is 579 g/mol. The number of para-hydroxylation sites is 6. The number of rotatable bonds is 5. The maximum Gasteiger partial charge on any atom is 0.146 e. The number of hydrogen-bond donors (Lipinski definition) is 0. The maximum absolute atomic E-state index is 5.08. The molecule has 9 rings (SSSR count). The van der Waals surface area contributed by atoms with Crippen LogP contribution in [0.5, 0.6) is 0 Å². The van der Waals surface area contributed by atoms with Gasteiger partial charge in [-0.15, -0.1) is 0 Å². The van der Waals surface area contributed by atoms with Crippen LogP contribution < -0.4 is 0 Å². The van der Waals surface area contributed by atoms with E-state index in [0.717, 1.165) is 72.8 Å². The van der Waals surface area contributed by atoms with Crippen LogP contribution in [0, 0.1) is 0 Å². The lowest BCUT2D eigenvalue weighted by Gasteiger charge is -2.16. The van der Waals surface area contributed by atoms with Gasteiger partial charge in [0, 0.05) is 28.7 Å². The lowest BCUT2D eigenvalue weighted by Crippen LogP contribution is -2.04. The molecular formula is C38H25N7. The summed E-state index contributed by atoms with van der Waals surface area (Å²) in [4.78, 5) is 19.5. The Hall–Kier alpha value is -6.34. The van der Waals surface area contributed by atoms with Gasteiger partial charge in [-0.3, -0.25) is 13.7 Å². The molecule has 0 atom stereocenters. The molecule has 0 unspecified atom stereocenters. The molecule has 0 saturated carbocycles. The standard InChI is InChI=1S/C38H25N7/c1-2-11-26(12-3-1)37-42-33-16-6-9-19-36(33)45(37)38-30(13-10-20-39-38)27-21-28(43-24-40-31-14-4-7-17-34(31)43)23-29(22-27)44-25-41-32-15-5-8-18-35(32)44/h1-25H. The molecule has 4 heterocycles. The maximum atomic E-state index is 5.08. The van der Waals surface area contributed by atoms with E-state index in [9.17, 15) is 0 Å². The van der Waals surface area contributed by atoms with E-state index in [1.165, 1.54) is 0 Å². The van der Waals surface area contributed by atoms with Crippen LogP contribution in [0.2, 0.25) is 0 Å². The average molecular weight is 580 g/mol. The summed E-state index contributed by atoms with van der Waals surface area (Å²) in [5.41, 5.74) is 10.9. The minimum absolute atomic E-state index is 0.805. The molecule has 0 fully saturated rings. The van der Waals surface area contributed by atoms with Crippen molar-refractivity contribution in [3.8, 4) is 39.7 Å². The second-order valence-corrected chi connectivity index (χ2v) is 10.9. The van der Waals surface area contributed by atoms with Crippen molar-refractivity contribution >= 4 is 33.1 Å². The highest BCUT2D eigenvalue weighted by molar-refractivity contribution is 5.87. The first-order valence-electron chi connectivity index (χ1n) is 14.8. The van der Waals surface area contributed by atoms with Gasteiger partial charge in [-0.25, -0.2) is 19.9 Å². The lowest BCUT2D eigenvalue weighted by molar-refractivity contribution is 1.03. The minimum Gasteiger partial charge on any atom is -0.299 e. The van der Waals surface area contributed by atoms with Gasteiger partial charge in [-0.1, -0.05) is 66.7 Å². The molecule has 7 nitrogen and oxygen atoms in total. The van der Waals surface area contributed by atoms with Crippen LogP contribution in [0.15, 0.2) is 152 Å². The number of benzene rings is 5. The highest BCUT2D eigenvalue weighted by Crippen LogP contribution is 2.35. The largest absolute Gasteiger partial charge is 0.299 e. The Kier molecular flexibility index (Phi) is 5.67. The quantitative estimate of drug-likeness (QED) is 0.205. The van der Waals surface area contributed by atoms with Crippen LogP contribution in [0.1, 0.15) is 0 Å². The summed E-state index contributed by atoms with van der Waals surface area (Å²) in [6, 6.07) is 45.6. The molecule has 0 aliphatic carbocycles. The number of fused-ring (bicyclic) bond motifs is 3. The second-order valence-electron chi connectivity index (χ2n) is 10.9. The summed E-state index contributed by atoms with van der Waals surface area (Å²) in [5, 5.41) is 0. The smallest absolute Gasteiger partial charge is 0.146 e.